The molecule has 0 amide bonds. The van der Waals surface area contributed by atoms with Gasteiger partial charge in [0.15, 0.2) is 0 Å². The van der Waals surface area contributed by atoms with E-state index in [1.807, 2.05) is 11.7 Å². The quantitative estimate of drug-likeness (QED) is 0.816. The van der Waals surface area contributed by atoms with E-state index in [0.717, 1.165) is 26.1 Å². The van der Waals surface area contributed by atoms with Crippen LogP contribution in [0.25, 0.3) is 0 Å². The summed E-state index contributed by atoms with van der Waals surface area (Å²) in [6.07, 6.45) is 2.32. The summed E-state index contributed by atoms with van der Waals surface area (Å²) >= 11 is 0. The van der Waals surface area contributed by atoms with Crippen LogP contribution in [0.1, 0.15) is 45.4 Å². The lowest BCUT2D eigenvalue weighted by Crippen LogP contribution is -2.30. The molecule has 0 bridgehead atoms. The van der Waals surface area contributed by atoms with Gasteiger partial charge in [-0.15, -0.1) is 0 Å². The zero-order valence-electron chi connectivity index (χ0n) is 13.1. The minimum atomic E-state index is 0.250. The van der Waals surface area contributed by atoms with Crippen molar-refractivity contribution in [1.82, 2.24) is 14.7 Å². The van der Waals surface area contributed by atoms with Crippen LogP contribution in [-0.2, 0) is 20.0 Å². The second-order valence-electron chi connectivity index (χ2n) is 4.58. The zero-order chi connectivity index (χ0) is 14.8. The number of nitrogen functional groups attached to an aromatic ring is 1. The number of nitrogens with two attached hydrogens (primary N) is 1. The van der Waals surface area contributed by atoms with E-state index in [9.17, 15) is 0 Å². The lowest BCUT2D eigenvalue weighted by Gasteiger charge is -2.25. The number of fused-ring (bicyclic) bond motifs is 1. The van der Waals surface area contributed by atoms with Gasteiger partial charge in [-0.05, 0) is 13.5 Å². The Labute approximate surface area is 117 Å². The summed E-state index contributed by atoms with van der Waals surface area (Å²) in [6.45, 7) is 11.5. The Morgan fingerprint density at radius 2 is 1.79 bits per heavy atom. The van der Waals surface area contributed by atoms with Crippen LogP contribution in [0.4, 0.5) is 5.82 Å². The fourth-order valence-electron chi connectivity index (χ4n) is 1.95. The molecule has 0 radical (unpaired) electrons. The van der Waals surface area contributed by atoms with Crippen LogP contribution in [0.15, 0.2) is 0 Å². The molecule has 0 saturated heterocycles. The van der Waals surface area contributed by atoms with E-state index in [2.05, 4.69) is 30.8 Å². The minimum absolute atomic E-state index is 0.250. The van der Waals surface area contributed by atoms with Gasteiger partial charge < -0.3 is 10.8 Å². The predicted octanol–water partition coefficient (Wildman–Crippen LogP) is 1.80. The Bertz CT molecular complexity index is 347. The largest absolute Gasteiger partial charge is 0.397 e. The van der Waals surface area contributed by atoms with Crippen molar-refractivity contribution in [3.05, 3.63) is 11.3 Å². The number of likely N-dealkylation sites (N-methyl/N-ethyl adjacent to an activating group) is 1. The number of nitrogens with zero attached hydrogens (tertiary/aromatic N) is 3. The maximum atomic E-state index is 7.57. The number of aryl methyl sites for hydroxylation is 1. The molecule has 19 heavy (non-hydrogen) atoms. The first kappa shape index (κ1) is 17.9. The average molecular weight is 270 g/mol. The molecule has 0 aliphatic carbocycles. The third-order valence-electron chi connectivity index (χ3n) is 2.80. The van der Waals surface area contributed by atoms with E-state index in [1.54, 1.807) is 6.92 Å². The molecule has 112 valence electrons. The maximum absolute atomic E-state index is 7.57. The summed E-state index contributed by atoms with van der Waals surface area (Å²) in [4.78, 5) is 2.39. The summed E-state index contributed by atoms with van der Waals surface area (Å²) in [6, 6.07) is 0. The third-order valence-corrected chi connectivity index (χ3v) is 2.80. The van der Waals surface area contributed by atoms with E-state index in [0.29, 0.717) is 5.82 Å². The molecule has 2 rings (SSSR count). The molecular weight excluding hydrogens is 240 g/mol. The van der Waals surface area contributed by atoms with Crippen molar-refractivity contribution in [3.8, 4) is 0 Å². The first-order valence-corrected chi connectivity index (χ1v) is 7.18. The molecule has 1 aromatic heterocycles. The van der Waals surface area contributed by atoms with Crippen LogP contribution < -0.4 is 5.73 Å². The van der Waals surface area contributed by atoms with Gasteiger partial charge in [0.25, 0.3) is 0 Å². The standard InChI is InChI=1S/C9H16N4.C3H8.C2H6O/c1-3-13-5-4-8-7(6-13)9(10)11-12(8)2;1-3-2;1-2-3/h3-6H2,1-2H3,(H2,10,11);3H2,1-2H3;3H,2H2,1H3. The average Bonchev–Trinajstić information content (AvgIpc) is 2.66. The molecule has 0 unspecified atom stereocenters. The van der Waals surface area contributed by atoms with Crippen molar-refractivity contribution in [1.29, 1.82) is 0 Å². The SMILES string of the molecule is CCC.CCN1CCc2c(c(N)nn2C)C1.CCO. The van der Waals surface area contributed by atoms with Gasteiger partial charge in [0, 0.05) is 44.4 Å². The molecule has 1 aliphatic rings. The number of hydrogen-bond donors (Lipinski definition) is 2. The number of hydrogen-bond acceptors (Lipinski definition) is 4. The van der Waals surface area contributed by atoms with Gasteiger partial charge in [-0.1, -0.05) is 27.2 Å². The van der Waals surface area contributed by atoms with E-state index >= 15 is 0 Å². The number of rotatable bonds is 1. The van der Waals surface area contributed by atoms with Crippen LogP contribution in [0.3, 0.4) is 0 Å². The third kappa shape index (κ3) is 5.61. The Hall–Kier alpha value is -1.07. The molecule has 0 saturated carbocycles. The molecule has 0 spiro atoms. The zero-order valence-corrected chi connectivity index (χ0v) is 13.1. The Morgan fingerprint density at radius 1 is 1.26 bits per heavy atom. The maximum Gasteiger partial charge on any atom is 0.150 e. The highest BCUT2D eigenvalue weighted by molar-refractivity contribution is 5.43. The normalized spacial score (nSPS) is 13.8. The summed E-state index contributed by atoms with van der Waals surface area (Å²) in [5.74, 6) is 0.704. The highest BCUT2D eigenvalue weighted by Gasteiger charge is 2.21. The van der Waals surface area contributed by atoms with Gasteiger partial charge in [0.2, 0.25) is 0 Å². The molecule has 1 aromatic rings. The number of aromatic nitrogens is 2. The van der Waals surface area contributed by atoms with Crippen molar-refractivity contribution < 1.29 is 5.11 Å². The van der Waals surface area contributed by atoms with E-state index in [1.165, 1.54) is 17.7 Å². The number of anilines is 1. The van der Waals surface area contributed by atoms with Crippen molar-refractivity contribution in [3.63, 3.8) is 0 Å². The predicted molar refractivity (Wildman–Crippen MR) is 81.0 cm³/mol. The first-order chi connectivity index (χ1) is 9.05. The molecule has 0 atom stereocenters. The second kappa shape index (κ2) is 9.81. The molecule has 0 fully saturated rings. The first-order valence-electron chi connectivity index (χ1n) is 7.18. The van der Waals surface area contributed by atoms with Crippen molar-refractivity contribution >= 4 is 5.82 Å². The smallest absolute Gasteiger partial charge is 0.150 e. The fraction of sp³-hybridized carbons (Fsp3) is 0.786. The van der Waals surface area contributed by atoms with Gasteiger partial charge in [0.05, 0.1) is 0 Å². The van der Waals surface area contributed by atoms with Gasteiger partial charge in [-0.25, -0.2) is 0 Å². The summed E-state index contributed by atoms with van der Waals surface area (Å²) in [5.41, 5.74) is 8.36. The van der Waals surface area contributed by atoms with Crippen molar-refractivity contribution in [2.75, 3.05) is 25.4 Å². The van der Waals surface area contributed by atoms with Gasteiger partial charge >= 0.3 is 0 Å². The lowest BCUT2D eigenvalue weighted by atomic mass is 10.1. The van der Waals surface area contributed by atoms with Crippen LogP contribution in [0.2, 0.25) is 0 Å². The molecule has 3 N–H and O–H groups in total. The summed E-state index contributed by atoms with van der Waals surface area (Å²) < 4.78 is 1.91. The highest BCUT2D eigenvalue weighted by Crippen LogP contribution is 2.22. The summed E-state index contributed by atoms with van der Waals surface area (Å²) in [5, 5.41) is 11.8. The monoisotopic (exact) mass is 270 g/mol. The molecule has 0 aromatic carbocycles. The molecule has 5 nitrogen and oxygen atoms in total. The van der Waals surface area contributed by atoms with Crippen LogP contribution >= 0.6 is 0 Å². The van der Waals surface area contributed by atoms with Gasteiger partial charge in [0.1, 0.15) is 5.82 Å². The van der Waals surface area contributed by atoms with E-state index < -0.39 is 0 Å². The van der Waals surface area contributed by atoms with Crippen LogP contribution in [0, 0.1) is 0 Å². The van der Waals surface area contributed by atoms with Gasteiger partial charge in [-0.3, -0.25) is 9.58 Å². The van der Waals surface area contributed by atoms with Gasteiger partial charge in [-0.2, -0.15) is 5.10 Å². The highest BCUT2D eigenvalue weighted by atomic mass is 16.2. The number of aliphatic hydroxyl groups is 1. The molecular formula is C14H30N4O. The fourth-order valence-corrected chi connectivity index (χ4v) is 1.95. The van der Waals surface area contributed by atoms with Crippen molar-refractivity contribution in [2.24, 2.45) is 7.05 Å². The number of aliphatic hydroxyl groups excluding tert-OH is 1. The van der Waals surface area contributed by atoms with Crippen molar-refractivity contribution in [2.45, 2.75) is 47.1 Å². The van der Waals surface area contributed by atoms with Crippen LogP contribution in [-0.4, -0.2) is 39.5 Å². The molecule has 1 aliphatic heterocycles. The van der Waals surface area contributed by atoms with E-state index in [4.69, 9.17) is 10.8 Å². The lowest BCUT2D eigenvalue weighted by molar-refractivity contribution is 0.265. The Kier molecular flexibility index (Phi) is 9.26. The topological polar surface area (TPSA) is 67.3 Å². The minimum Gasteiger partial charge on any atom is -0.397 e. The van der Waals surface area contributed by atoms with Crippen LogP contribution in [0.5, 0.6) is 0 Å². The Balaban J connectivity index is 0.000000465. The Morgan fingerprint density at radius 3 is 2.26 bits per heavy atom. The summed E-state index contributed by atoms with van der Waals surface area (Å²) in [7, 11) is 1.97. The molecule has 2 heterocycles. The molecule has 5 heteroatoms. The van der Waals surface area contributed by atoms with E-state index in [-0.39, 0.29) is 6.61 Å². The second-order valence-corrected chi connectivity index (χ2v) is 4.58.